The number of benzene rings is 1. The third-order valence-electron chi connectivity index (χ3n) is 3.76. The molecule has 0 amide bonds. The molecule has 2 rings (SSSR count). The highest BCUT2D eigenvalue weighted by Gasteiger charge is 2.41. The second kappa shape index (κ2) is 5.07. The minimum atomic E-state index is -0.579. The molecule has 1 N–H and O–H groups in total. The summed E-state index contributed by atoms with van der Waals surface area (Å²) < 4.78 is 10.8. The van der Waals surface area contributed by atoms with E-state index in [1.165, 1.54) is 0 Å². The van der Waals surface area contributed by atoms with Crippen LogP contribution >= 0.6 is 0 Å². The van der Waals surface area contributed by atoms with Crippen LogP contribution in [0.2, 0.25) is 0 Å². The van der Waals surface area contributed by atoms with Gasteiger partial charge in [0.15, 0.2) is 0 Å². The van der Waals surface area contributed by atoms with Crippen LogP contribution in [-0.2, 0) is 4.74 Å². The second-order valence-corrected chi connectivity index (χ2v) is 4.66. The van der Waals surface area contributed by atoms with Crippen LogP contribution in [0.5, 0.6) is 5.75 Å². The van der Waals surface area contributed by atoms with Crippen molar-refractivity contribution < 1.29 is 14.6 Å². The summed E-state index contributed by atoms with van der Waals surface area (Å²) in [4.78, 5) is 0. The summed E-state index contributed by atoms with van der Waals surface area (Å²) >= 11 is 0. The maximum atomic E-state index is 10.5. The molecule has 1 saturated carbocycles. The molecule has 0 aromatic heterocycles. The van der Waals surface area contributed by atoms with Gasteiger partial charge in [0.25, 0.3) is 0 Å². The number of rotatable bonds is 4. The summed E-state index contributed by atoms with van der Waals surface area (Å²) in [7, 11) is 3.32. The number of hydrogen-bond acceptors (Lipinski definition) is 3. The minimum absolute atomic E-state index is 0.410. The van der Waals surface area contributed by atoms with Gasteiger partial charge in [-0.1, -0.05) is 25.0 Å². The lowest BCUT2D eigenvalue weighted by atomic mass is 9.89. The molecular weight excluding hydrogens is 216 g/mol. The second-order valence-electron chi connectivity index (χ2n) is 4.66. The Hall–Kier alpha value is -1.06. The maximum Gasteiger partial charge on any atom is 0.119 e. The first kappa shape index (κ1) is 12.4. The normalized spacial score (nSPS) is 20.2. The Morgan fingerprint density at radius 1 is 1.24 bits per heavy atom. The lowest BCUT2D eigenvalue weighted by Gasteiger charge is -2.33. The molecule has 1 aromatic rings. The van der Waals surface area contributed by atoms with Gasteiger partial charge in [-0.15, -0.1) is 0 Å². The van der Waals surface area contributed by atoms with E-state index in [4.69, 9.17) is 9.47 Å². The van der Waals surface area contributed by atoms with Crippen LogP contribution in [0.3, 0.4) is 0 Å². The van der Waals surface area contributed by atoms with Gasteiger partial charge in [0.05, 0.1) is 12.7 Å². The zero-order valence-electron chi connectivity index (χ0n) is 10.5. The van der Waals surface area contributed by atoms with E-state index in [1.807, 2.05) is 24.3 Å². The lowest BCUT2D eigenvalue weighted by Crippen LogP contribution is -2.35. The monoisotopic (exact) mass is 236 g/mol. The summed E-state index contributed by atoms with van der Waals surface area (Å²) in [6, 6.07) is 7.58. The van der Waals surface area contributed by atoms with E-state index in [0.29, 0.717) is 0 Å². The van der Waals surface area contributed by atoms with Gasteiger partial charge in [-0.05, 0) is 30.5 Å². The highest BCUT2D eigenvalue weighted by atomic mass is 16.5. The van der Waals surface area contributed by atoms with Crippen molar-refractivity contribution in [3.8, 4) is 5.75 Å². The fraction of sp³-hybridized carbons (Fsp3) is 0.571. The molecule has 94 valence electrons. The predicted octanol–water partition coefficient (Wildman–Crippen LogP) is 2.69. The third-order valence-corrected chi connectivity index (χ3v) is 3.76. The zero-order chi connectivity index (χ0) is 12.3. The van der Waals surface area contributed by atoms with Crippen LogP contribution < -0.4 is 4.74 Å². The number of methoxy groups -OCH3 is 2. The molecule has 0 heterocycles. The van der Waals surface area contributed by atoms with Crippen LogP contribution in [0.25, 0.3) is 0 Å². The molecule has 3 heteroatoms. The van der Waals surface area contributed by atoms with Crippen LogP contribution in [0.1, 0.15) is 37.4 Å². The van der Waals surface area contributed by atoms with E-state index in [0.717, 1.165) is 37.0 Å². The first-order valence-corrected chi connectivity index (χ1v) is 6.09. The Balaban J connectivity index is 2.25. The van der Waals surface area contributed by atoms with E-state index in [-0.39, 0.29) is 0 Å². The highest BCUT2D eigenvalue weighted by molar-refractivity contribution is 5.31. The van der Waals surface area contributed by atoms with Crippen molar-refractivity contribution in [3.63, 3.8) is 0 Å². The standard InChI is InChI=1S/C14H20O3/c1-16-12-7-5-6-11(10-12)13(15)14(17-2)8-3-4-9-14/h5-7,10,13,15H,3-4,8-9H2,1-2H3. The van der Waals surface area contributed by atoms with Crippen LogP contribution in [-0.4, -0.2) is 24.9 Å². The highest BCUT2D eigenvalue weighted by Crippen LogP contribution is 2.42. The third kappa shape index (κ3) is 2.31. The predicted molar refractivity (Wildman–Crippen MR) is 66.2 cm³/mol. The van der Waals surface area contributed by atoms with Gasteiger partial charge < -0.3 is 14.6 Å². The van der Waals surface area contributed by atoms with Gasteiger partial charge in [0, 0.05) is 7.11 Å². The lowest BCUT2D eigenvalue weighted by molar-refractivity contribution is -0.100. The zero-order valence-corrected chi connectivity index (χ0v) is 10.5. The molecule has 0 radical (unpaired) electrons. The first-order chi connectivity index (χ1) is 8.22. The molecule has 1 atom stereocenters. The molecule has 3 nitrogen and oxygen atoms in total. The van der Waals surface area contributed by atoms with Crippen LogP contribution in [0, 0.1) is 0 Å². The van der Waals surface area contributed by atoms with E-state index in [2.05, 4.69) is 0 Å². The van der Waals surface area contributed by atoms with Gasteiger partial charge in [0.2, 0.25) is 0 Å². The molecule has 0 bridgehead atoms. The van der Waals surface area contributed by atoms with E-state index >= 15 is 0 Å². The minimum Gasteiger partial charge on any atom is -0.497 e. The molecule has 17 heavy (non-hydrogen) atoms. The average Bonchev–Trinajstić information content (AvgIpc) is 2.88. The van der Waals surface area contributed by atoms with E-state index in [1.54, 1.807) is 14.2 Å². The van der Waals surface area contributed by atoms with Crippen molar-refractivity contribution in [2.45, 2.75) is 37.4 Å². The molecule has 0 spiro atoms. The average molecular weight is 236 g/mol. The molecular formula is C14H20O3. The number of hydrogen-bond donors (Lipinski definition) is 1. The SMILES string of the molecule is COc1cccc(C(O)C2(OC)CCCC2)c1. The smallest absolute Gasteiger partial charge is 0.119 e. The Labute approximate surface area is 102 Å². The topological polar surface area (TPSA) is 38.7 Å². The van der Waals surface area contributed by atoms with Gasteiger partial charge in [-0.2, -0.15) is 0 Å². The van der Waals surface area contributed by atoms with Gasteiger partial charge in [0.1, 0.15) is 11.9 Å². The fourth-order valence-corrected chi connectivity index (χ4v) is 2.68. The Morgan fingerprint density at radius 2 is 1.94 bits per heavy atom. The molecule has 1 unspecified atom stereocenters. The Bertz CT molecular complexity index is 369. The summed E-state index contributed by atoms with van der Waals surface area (Å²) in [5, 5.41) is 10.5. The summed E-state index contributed by atoms with van der Waals surface area (Å²) in [6.45, 7) is 0. The molecule has 1 aliphatic rings. The summed E-state index contributed by atoms with van der Waals surface area (Å²) in [6.07, 6.45) is 3.50. The van der Waals surface area contributed by atoms with E-state index in [9.17, 15) is 5.11 Å². The number of ether oxygens (including phenoxy) is 2. The summed E-state index contributed by atoms with van der Waals surface area (Å²) in [5.41, 5.74) is 0.458. The number of aliphatic hydroxyl groups excluding tert-OH is 1. The Kier molecular flexibility index (Phi) is 3.69. The van der Waals surface area contributed by atoms with Gasteiger partial charge in [-0.25, -0.2) is 0 Å². The quantitative estimate of drug-likeness (QED) is 0.873. The van der Waals surface area contributed by atoms with E-state index < -0.39 is 11.7 Å². The van der Waals surface area contributed by atoms with Gasteiger partial charge >= 0.3 is 0 Å². The first-order valence-electron chi connectivity index (χ1n) is 6.09. The number of aliphatic hydroxyl groups is 1. The van der Waals surface area contributed by atoms with Crippen LogP contribution in [0.4, 0.5) is 0 Å². The Morgan fingerprint density at radius 3 is 2.53 bits per heavy atom. The molecule has 1 aliphatic carbocycles. The van der Waals surface area contributed by atoms with Crippen molar-refractivity contribution in [1.29, 1.82) is 0 Å². The largest absolute Gasteiger partial charge is 0.497 e. The van der Waals surface area contributed by atoms with Crippen molar-refractivity contribution >= 4 is 0 Å². The fourth-order valence-electron chi connectivity index (χ4n) is 2.68. The molecule has 0 aliphatic heterocycles. The molecule has 0 saturated heterocycles. The van der Waals surface area contributed by atoms with Crippen molar-refractivity contribution in [2.24, 2.45) is 0 Å². The maximum absolute atomic E-state index is 10.5. The molecule has 1 aromatic carbocycles. The van der Waals surface area contributed by atoms with Crippen molar-refractivity contribution in [1.82, 2.24) is 0 Å². The van der Waals surface area contributed by atoms with Gasteiger partial charge in [-0.3, -0.25) is 0 Å². The van der Waals surface area contributed by atoms with Crippen LogP contribution in [0.15, 0.2) is 24.3 Å². The molecule has 1 fully saturated rings. The van der Waals surface area contributed by atoms with Crippen molar-refractivity contribution in [2.75, 3.05) is 14.2 Å². The van der Waals surface area contributed by atoms with Crippen molar-refractivity contribution in [3.05, 3.63) is 29.8 Å². The summed E-state index contributed by atoms with van der Waals surface area (Å²) in [5.74, 6) is 0.769.